The van der Waals surface area contributed by atoms with Crippen LogP contribution in [0.5, 0.6) is 0 Å². The Kier molecular flexibility index (Phi) is 6.46. The Labute approximate surface area is 170 Å². The number of methoxy groups -OCH3 is 1. The maximum Gasteiger partial charge on any atom is 0.328 e. The molecule has 0 aliphatic carbocycles. The van der Waals surface area contributed by atoms with Crippen molar-refractivity contribution in [1.29, 1.82) is 0 Å². The minimum Gasteiger partial charge on any atom is -0.467 e. The average Bonchev–Trinajstić information content (AvgIpc) is 3.13. The van der Waals surface area contributed by atoms with Crippen LogP contribution in [-0.4, -0.2) is 56.2 Å². The van der Waals surface area contributed by atoms with Crippen molar-refractivity contribution in [2.24, 2.45) is 0 Å². The third-order valence-corrected chi connectivity index (χ3v) is 7.05. The lowest BCUT2D eigenvalue weighted by Gasteiger charge is -2.40. The van der Waals surface area contributed by atoms with Gasteiger partial charge in [0.25, 0.3) is 5.91 Å². The number of hydrogen-bond donors (Lipinski definition) is 1. The second-order valence-electron chi connectivity index (χ2n) is 7.32. The molecule has 4 rings (SSSR count). The van der Waals surface area contributed by atoms with Crippen LogP contribution in [0.15, 0.2) is 6.07 Å². The Morgan fingerprint density at radius 2 is 2.11 bits per heavy atom. The quantitative estimate of drug-likeness (QED) is 0.753. The van der Waals surface area contributed by atoms with E-state index in [4.69, 9.17) is 9.47 Å². The molecule has 0 bridgehead atoms. The number of esters is 1. The maximum atomic E-state index is 13.2. The summed E-state index contributed by atoms with van der Waals surface area (Å²) in [6, 6.07) is 1.58. The summed E-state index contributed by atoms with van der Waals surface area (Å²) in [5.41, 5.74) is 0.961. The molecule has 0 aromatic carbocycles. The van der Waals surface area contributed by atoms with E-state index >= 15 is 0 Å². The molecule has 2 saturated heterocycles. The van der Waals surface area contributed by atoms with Gasteiger partial charge in [-0.05, 0) is 56.8 Å². The average molecular weight is 415 g/mol. The van der Waals surface area contributed by atoms with E-state index in [1.165, 1.54) is 17.6 Å². The van der Waals surface area contributed by atoms with Gasteiger partial charge in [-0.1, -0.05) is 0 Å². The molecule has 6 nitrogen and oxygen atoms in total. The maximum absolute atomic E-state index is 13.2. The van der Waals surface area contributed by atoms with E-state index in [2.05, 4.69) is 5.32 Å². The van der Waals surface area contributed by atoms with E-state index in [0.29, 0.717) is 13.0 Å². The Morgan fingerprint density at radius 3 is 2.85 bits per heavy atom. The van der Waals surface area contributed by atoms with Crippen LogP contribution in [0.3, 0.4) is 0 Å². The zero-order valence-corrected chi connectivity index (χ0v) is 17.3. The molecule has 0 radical (unpaired) electrons. The molecule has 3 aliphatic heterocycles. The van der Waals surface area contributed by atoms with E-state index < -0.39 is 6.04 Å². The molecular weight excluding hydrogens is 388 g/mol. The lowest BCUT2D eigenvalue weighted by atomic mass is 9.83. The van der Waals surface area contributed by atoms with Gasteiger partial charge in [0.15, 0.2) is 0 Å². The third kappa shape index (κ3) is 3.75. The molecule has 27 heavy (non-hydrogen) atoms. The highest BCUT2D eigenvalue weighted by Crippen LogP contribution is 2.43. The second kappa shape index (κ2) is 8.47. The molecule has 1 aromatic rings. The molecule has 1 unspecified atom stereocenters. The molecule has 150 valence electrons. The highest BCUT2D eigenvalue weighted by molar-refractivity contribution is 7.14. The number of likely N-dealkylation sites (tertiary alicyclic amines) is 1. The molecule has 2 fully saturated rings. The zero-order chi connectivity index (χ0) is 18.1. The Bertz CT molecular complexity index is 702. The minimum atomic E-state index is -0.454. The first-order valence-electron chi connectivity index (χ1n) is 9.51. The van der Waals surface area contributed by atoms with Crippen molar-refractivity contribution in [1.82, 2.24) is 10.2 Å². The number of rotatable bonds is 2. The Balaban J connectivity index is 0.00000210. The molecule has 1 aromatic heterocycles. The van der Waals surface area contributed by atoms with Crippen LogP contribution in [-0.2, 0) is 26.3 Å². The lowest BCUT2D eigenvalue weighted by molar-refractivity contribution is -0.147. The molecular formula is C19H27ClN2O4S. The summed E-state index contributed by atoms with van der Waals surface area (Å²) in [5.74, 6) is -0.346. The summed E-state index contributed by atoms with van der Waals surface area (Å²) < 4.78 is 11.1. The van der Waals surface area contributed by atoms with Crippen LogP contribution < -0.4 is 5.32 Å². The van der Waals surface area contributed by atoms with E-state index in [0.717, 1.165) is 56.7 Å². The smallest absolute Gasteiger partial charge is 0.328 e. The first-order valence-corrected chi connectivity index (χ1v) is 10.3. The number of carbonyl (C=O) groups excluding carboxylic acids is 2. The first kappa shape index (κ1) is 20.6. The van der Waals surface area contributed by atoms with Gasteiger partial charge < -0.3 is 19.7 Å². The van der Waals surface area contributed by atoms with Crippen LogP contribution in [0.1, 0.15) is 52.2 Å². The lowest BCUT2D eigenvalue weighted by Crippen LogP contribution is -2.48. The minimum absolute atomic E-state index is 0. The number of nitrogens with one attached hydrogen (secondary N) is 1. The van der Waals surface area contributed by atoms with Gasteiger partial charge in [-0.15, -0.1) is 23.7 Å². The number of thiophene rings is 1. The van der Waals surface area contributed by atoms with Crippen LogP contribution in [0, 0.1) is 0 Å². The molecule has 1 atom stereocenters. The van der Waals surface area contributed by atoms with E-state index in [9.17, 15) is 9.59 Å². The fourth-order valence-corrected chi connectivity index (χ4v) is 5.65. The number of fused-ring (bicyclic) bond motifs is 2. The van der Waals surface area contributed by atoms with Gasteiger partial charge in [-0.2, -0.15) is 0 Å². The van der Waals surface area contributed by atoms with E-state index in [-0.39, 0.29) is 29.9 Å². The van der Waals surface area contributed by atoms with E-state index in [1.807, 2.05) is 6.07 Å². The van der Waals surface area contributed by atoms with Gasteiger partial charge in [0.1, 0.15) is 6.04 Å². The number of hydrogen-bond acceptors (Lipinski definition) is 6. The van der Waals surface area contributed by atoms with Gasteiger partial charge in [0, 0.05) is 17.8 Å². The summed E-state index contributed by atoms with van der Waals surface area (Å²) in [5, 5.41) is 3.39. The monoisotopic (exact) mass is 414 g/mol. The standard InChI is InChI=1S/C19H26N2O4S.ClH/c1-24-18(23)14-4-2-3-10-21(14)17(22)16-12-13-15(26-16)5-11-25-19(13)6-8-20-9-7-19;/h12,14,20H,2-11H2,1H3;1H. The number of piperidine rings is 2. The summed E-state index contributed by atoms with van der Waals surface area (Å²) in [4.78, 5) is 29.0. The van der Waals surface area contributed by atoms with Crippen molar-refractivity contribution >= 4 is 35.6 Å². The van der Waals surface area contributed by atoms with Gasteiger partial charge in [0.05, 0.1) is 24.2 Å². The Hall–Kier alpha value is -1.15. The summed E-state index contributed by atoms with van der Waals surface area (Å²) in [6.45, 7) is 3.21. The van der Waals surface area contributed by atoms with Crippen LogP contribution in [0.4, 0.5) is 0 Å². The molecule has 1 spiro atoms. The second-order valence-corrected chi connectivity index (χ2v) is 8.46. The normalized spacial score (nSPS) is 24.0. The first-order chi connectivity index (χ1) is 12.6. The topological polar surface area (TPSA) is 67.9 Å². The van der Waals surface area contributed by atoms with Crippen molar-refractivity contribution < 1.29 is 19.1 Å². The van der Waals surface area contributed by atoms with Crippen LogP contribution in [0.25, 0.3) is 0 Å². The van der Waals surface area contributed by atoms with E-state index in [1.54, 1.807) is 16.2 Å². The van der Waals surface area contributed by atoms with Gasteiger partial charge in [-0.3, -0.25) is 4.79 Å². The van der Waals surface area contributed by atoms with Crippen LogP contribution >= 0.6 is 23.7 Å². The largest absolute Gasteiger partial charge is 0.467 e. The predicted octanol–water partition coefficient (Wildman–Crippen LogP) is 2.49. The number of nitrogens with zero attached hydrogens (tertiary/aromatic N) is 1. The molecule has 8 heteroatoms. The highest BCUT2D eigenvalue weighted by Gasteiger charge is 2.42. The fraction of sp³-hybridized carbons (Fsp3) is 0.684. The van der Waals surface area contributed by atoms with Crippen LogP contribution in [0.2, 0.25) is 0 Å². The Morgan fingerprint density at radius 1 is 1.33 bits per heavy atom. The van der Waals surface area contributed by atoms with Crippen molar-refractivity contribution in [2.45, 2.75) is 50.2 Å². The number of ether oxygens (including phenoxy) is 2. The van der Waals surface area contributed by atoms with Gasteiger partial charge >= 0.3 is 5.97 Å². The van der Waals surface area contributed by atoms with Crippen molar-refractivity contribution in [3.8, 4) is 0 Å². The SMILES string of the molecule is COC(=O)C1CCCCN1C(=O)c1cc2c(s1)CCOC21CCNCC1.Cl. The number of carbonyl (C=O) groups is 2. The molecule has 1 amide bonds. The molecule has 0 saturated carbocycles. The molecule has 3 aliphatic rings. The van der Waals surface area contributed by atoms with Crippen molar-refractivity contribution in [2.75, 3.05) is 33.4 Å². The fourth-order valence-electron chi connectivity index (χ4n) is 4.46. The third-order valence-electron chi connectivity index (χ3n) is 5.87. The molecule has 4 heterocycles. The number of halogens is 1. The summed E-state index contributed by atoms with van der Waals surface area (Å²) >= 11 is 1.58. The van der Waals surface area contributed by atoms with Crippen molar-refractivity contribution in [3.63, 3.8) is 0 Å². The zero-order valence-electron chi connectivity index (χ0n) is 15.6. The predicted molar refractivity (Wildman–Crippen MR) is 106 cm³/mol. The summed E-state index contributed by atoms with van der Waals surface area (Å²) in [7, 11) is 1.39. The molecule has 1 N–H and O–H groups in total. The van der Waals surface area contributed by atoms with Gasteiger partial charge in [-0.25, -0.2) is 4.79 Å². The number of amides is 1. The van der Waals surface area contributed by atoms with Crippen molar-refractivity contribution in [3.05, 3.63) is 21.4 Å². The highest BCUT2D eigenvalue weighted by atomic mass is 35.5. The summed E-state index contributed by atoms with van der Waals surface area (Å²) in [6.07, 6.45) is 5.32. The van der Waals surface area contributed by atoms with Gasteiger partial charge in [0.2, 0.25) is 0 Å².